The third-order valence-electron chi connectivity index (χ3n) is 9.06. The number of hydrogen-bond acceptors (Lipinski definition) is 3. The Bertz CT molecular complexity index is 2280. The summed E-state index contributed by atoms with van der Waals surface area (Å²) in [5, 5.41) is 2.73. The van der Waals surface area contributed by atoms with Gasteiger partial charge in [0.15, 0.2) is 5.82 Å². The van der Waals surface area contributed by atoms with Crippen molar-refractivity contribution in [3.63, 3.8) is 0 Å². The zero-order valence-corrected chi connectivity index (χ0v) is 24.3. The van der Waals surface area contributed by atoms with Gasteiger partial charge in [-0.05, 0) is 68.7 Å². The molecule has 0 saturated carbocycles. The number of benzene rings is 5. The van der Waals surface area contributed by atoms with Gasteiger partial charge in [-0.1, -0.05) is 98.8 Å². The normalized spacial score (nSPS) is 13.9. The van der Waals surface area contributed by atoms with Crippen molar-refractivity contribution in [3.8, 4) is 50.5 Å². The molecule has 0 amide bonds. The first-order valence-electron chi connectivity index (χ1n) is 13.9. The summed E-state index contributed by atoms with van der Waals surface area (Å²) < 4.78 is 2.49. The van der Waals surface area contributed by atoms with Crippen LogP contribution in [0.3, 0.4) is 0 Å². The monoisotopic (exact) mass is 580 g/mol. The summed E-state index contributed by atoms with van der Waals surface area (Å²) >= 11 is 12.1. The van der Waals surface area contributed by atoms with Gasteiger partial charge in [-0.3, -0.25) is 0 Å². The fourth-order valence-corrected chi connectivity index (χ4v) is 7.71. The maximum absolute atomic E-state index is 6.05. The van der Waals surface area contributed by atoms with Crippen molar-refractivity contribution >= 4 is 45.0 Å². The highest BCUT2D eigenvalue weighted by atomic mass is 35.5. The van der Waals surface area contributed by atoms with Crippen molar-refractivity contribution in [1.82, 2.24) is 19.5 Å². The standard InChI is InChI=1S/C36H22Cl2N4/c1-36(2)26-18-17-25-23-8-4-6-10-28(23)42-27-9-5-3-7-22(27)24-16-15-21(31(36)29(24)30(26)32(25)42)19-11-13-20(14-12-19)33-39-34(37)41-35(38)40-33/h3-18H,1-2H3. The molecule has 0 N–H and O–H groups in total. The molecule has 5 aromatic carbocycles. The number of nitrogens with zero attached hydrogens (tertiary/aromatic N) is 4. The number of para-hydroxylation sites is 2. The molecule has 2 aromatic heterocycles. The molecule has 1 aliphatic carbocycles. The van der Waals surface area contributed by atoms with Crippen LogP contribution in [0.5, 0.6) is 0 Å². The average molecular weight is 582 g/mol. The largest absolute Gasteiger partial charge is 0.308 e. The molecule has 200 valence electrons. The topological polar surface area (TPSA) is 43.6 Å². The zero-order chi connectivity index (χ0) is 28.3. The molecule has 3 heterocycles. The molecule has 6 heteroatoms. The highest BCUT2D eigenvalue weighted by Gasteiger charge is 2.42. The SMILES string of the molecule is CC1(C)c2ccc3c4ccccc4n4c3c2-c2c(ccc(-c3ccc(-c5nc(Cl)nc(Cl)n5)cc3)c21)-c1ccccc1-4. The van der Waals surface area contributed by atoms with Crippen LogP contribution < -0.4 is 0 Å². The molecule has 1 aliphatic heterocycles. The molecule has 0 saturated heterocycles. The van der Waals surface area contributed by atoms with E-state index in [9.17, 15) is 0 Å². The Morgan fingerprint density at radius 3 is 2.10 bits per heavy atom. The quantitative estimate of drug-likeness (QED) is 0.204. The molecule has 0 bridgehead atoms. The summed E-state index contributed by atoms with van der Waals surface area (Å²) in [4.78, 5) is 12.4. The van der Waals surface area contributed by atoms with Crippen LogP contribution in [0.15, 0.2) is 97.1 Å². The predicted octanol–water partition coefficient (Wildman–Crippen LogP) is 9.90. The summed E-state index contributed by atoms with van der Waals surface area (Å²) in [6.45, 7) is 4.72. The van der Waals surface area contributed by atoms with E-state index in [1.807, 2.05) is 12.1 Å². The van der Waals surface area contributed by atoms with Crippen molar-refractivity contribution in [2.24, 2.45) is 0 Å². The van der Waals surface area contributed by atoms with Gasteiger partial charge >= 0.3 is 0 Å². The van der Waals surface area contributed by atoms with Crippen molar-refractivity contribution in [2.75, 3.05) is 0 Å². The van der Waals surface area contributed by atoms with E-state index in [0.717, 1.165) is 11.1 Å². The van der Waals surface area contributed by atoms with Crippen molar-refractivity contribution in [1.29, 1.82) is 0 Å². The van der Waals surface area contributed by atoms with E-state index in [1.54, 1.807) is 0 Å². The van der Waals surface area contributed by atoms with Gasteiger partial charge in [0.1, 0.15) is 0 Å². The number of fused-ring (bicyclic) bond motifs is 6. The minimum atomic E-state index is -0.203. The number of hydrogen-bond donors (Lipinski definition) is 0. The highest BCUT2D eigenvalue weighted by molar-refractivity contribution is 6.31. The smallest absolute Gasteiger partial charge is 0.227 e. The molecule has 0 radical (unpaired) electrons. The van der Waals surface area contributed by atoms with E-state index < -0.39 is 0 Å². The molecule has 9 rings (SSSR count). The maximum Gasteiger partial charge on any atom is 0.227 e. The van der Waals surface area contributed by atoms with Crippen LogP contribution in [0, 0.1) is 0 Å². The molecule has 0 spiro atoms. The Kier molecular flexibility index (Phi) is 4.76. The second-order valence-corrected chi connectivity index (χ2v) is 12.2. The lowest BCUT2D eigenvalue weighted by atomic mass is 9.77. The Morgan fingerprint density at radius 2 is 1.29 bits per heavy atom. The lowest BCUT2D eigenvalue weighted by Crippen LogP contribution is -2.16. The van der Waals surface area contributed by atoms with E-state index in [1.165, 1.54) is 66.4 Å². The molecule has 0 fully saturated rings. The van der Waals surface area contributed by atoms with Crippen LogP contribution in [0.2, 0.25) is 10.6 Å². The average Bonchev–Trinajstić information content (AvgIpc) is 3.41. The molecule has 42 heavy (non-hydrogen) atoms. The summed E-state index contributed by atoms with van der Waals surface area (Å²) in [6.07, 6.45) is 0. The Labute approximate surface area is 252 Å². The lowest BCUT2D eigenvalue weighted by molar-refractivity contribution is 0.662. The predicted molar refractivity (Wildman–Crippen MR) is 172 cm³/mol. The third kappa shape index (κ3) is 3.06. The van der Waals surface area contributed by atoms with Gasteiger partial charge in [0.05, 0.1) is 16.7 Å². The van der Waals surface area contributed by atoms with Crippen molar-refractivity contribution < 1.29 is 0 Å². The Balaban J connectivity index is 1.36. The van der Waals surface area contributed by atoms with Gasteiger partial charge in [0.2, 0.25) is 10.6 Å². The highest BCUT2D eigenvalue weighted by Crippen LogP contribution is 2.60. The molecular formula is C36H22Cl2N4. The van der Waals surface area contributed by atoms with Crippen molar-refractivity contribution in [2.45, 2.75) is 19.3 Å². The molecule has 2 aliphatic rings. The van der Waals surface area contributed by atoms with E-state index >= 15 is 0 Å². The van der Waals surface area contributed by atoms with Crippen LogP contribution in [0.25, 0.3) is 72.3 Å². The third-order valence-corrected chi connectivity index (χ3v) is 9.40. The second-order valence-electron chi connectivity index (χ2n) is 11.6. The fourth-order valence-electron chi connectivity index (χ4n) is 7.34. The number of halogens is 2. The summed E-state index contributed by atoms with van der Waals surface area (Å²) in [6, 6.07) is 35.2. The first kappa shape index (κ1) is 24.1. The van der Waals surface area contributed by atoms with Gasteiger partial charge in [0.25, 0.3) is 0 Å². The molecule has 4 nitrogen and oxygen atoms in total. The number of aromatic nitrogens is 4. The first-order chi connectivity index (χ1) is 20.4. The molecule has 0 unspecified atom stereocenters. The van der Waals surface area contributed by atoms with Gasteiger partial charge in [-0.25, -0.2) is 0 Å². The zero-order valence-electron chi connectivity index (χ0n) is 22.8. The minimum absolute atomic E-state index is 0.0801. The summed E-state index contributed by atoms with van der Waals surface area (Å²) in [7, 11) is 0. The van der Waals surface area contributed by atoms with Gasteiger partial charge in [0, 0.05) is 32.9 Å². The fraction of sp³-hybridized carbons (Fsp3) is 0.0833. The van der Waals surface area contributed by atoms with Crippen LogP contribution in [-0.2, 0) is 5.41 Å². The van der Waals surface area contributed by atoms with E-state index in [-0.39, 0.29) is 16.0 Å². The van der Waals surface area contributed by atoms with E-state index in [0.29, 0.717) is 5.82 Å². The van der Waals surface area contributed by atoms with Gasteiger partial charge < -0.3 is 4.57 Å². The van der Waals surface area contributed by atoms with Gasteiger partial charge in [-0.15, -0.1) is 0 Å². The van der Waals surface area contributed by atoms with Gasteiger partial charge in [-0.2, -0.15) is 15.0 Å². The summed E-state index contributed by atoms with van der Waals surface area (Å²) in [5.74, 6) is 0.456. The van der Waals surface area contributed by atoms with Crippen LogP contribution in [0.1, 0.15) is 25.0 Å². The van der Waals surface area contributed by atoms with E-state index in [2.05, 4.69) is 118 Å². The van der Waals surface area contributed by atoms with Crippen molar-refractivity contribution in [3.05, 3.63) is 119 Å². The maximum atomic E-state index is 6.05. The van der Waals surface area contributed by atoms with Crippen LogP contribution in [-0.4, -0.2) is 19.5 Å². The summed E-state index contributed by atoms with van der Waals surface area (Å²) in [5.41, 5.74) is 14.7. The first-order valence-corrected chi connectivity index (χ1v) is 14.7. The Hall–Kier alpha value is -4.51. The van der Waals surface area contributed by atoms with E-state index in [4.69, 9.17) is 23.2 Å². The van der Waals surface area contributed by atoms with Crippen LogP contribution >= 0.6 is 23.2 Å². The molecule has 7 aromatic rings. The lowest BCUT2D eigenvalue weighted by Gasteiger charge is -2.26. The van der Waals surface area contributed by atoms with Crippen LogP contribution in [0.4, 0.5) is 0 Å². The molecule has 0 atom stereocenters. The second kappa shape index (κ2) is 8.28. The minimum Gasteiger partial charge on any atom is -0.308 e. The molecular weight excluding hydrogens is 559 g/mol. The number of rotatable bonds is 2. The Morgan fingerprint density at radius 1 is 0.595 bits per heavy atom.